The molecular weight excluding hydrogens is 697 g/mol. The number of aliphatic imine (C=N–C) groups is 1. The van der Waals surface area contributed by atoms with Crippen LogP contribution in [0.5, 0.6) is 5.75 Å². The minimum absolute atomic E-state index is 0.144. The van der Waals surface area contributed by atoms with Crippen LogP contribution in [0.15, 0.2) is 65.8 Å². The van der Waals surface area contributed by atoms with Crippen LogP contribution in [-0.4, -0.2) is 120 Å². The SMILES string of the molecule is CCOc1cc(C(C)(C)C)ncc1C1=N[C@@](C)(c2ccc(Cl)cc2)[C@@](C)(c2ccc(Cl)cc2)N1C(=O)N1CCN(CC(=O)N2CCN(C)CC2)CC1. The van der Waals surface area contributed by atoms with E-state index in [0.717, 1.165) is 43.0 Å². The van der Waals surface area contributed by atoms with Crippen LogP contribution in [0.25, 0.3) is 0 Å². The summed E-state index contributed by atoms with van der Waals surface area (Å²) < 4.78 is 6.29. The monoisotopic (exact) mass is 747 g/mol. The highest BCUT2D eigenvalue weighted by molar-refractivity contribution is 6.30. The maximum absolute atomic E-state index is 15.3. The summed E-state index contributed by atoms with van der Waals surface area (Å²) in [5.74, 6) is 1.24. The number of aromatic nitrogens is 1. The minimum Gasteiger partial charge on any atom is -0.493 e. The van der Waals surface area contributed by atoms with Gasteiger partial charge in [0.2, 0.25) is 5.91 Å². The fourth-order valence-electron chi connectivity index (χ4n) is 7.44. The van der Waals surface area contributed by atoms with Gasteiger partial charge in [-0.3, -0.25) is 24.6 Å². The number of benzene rings is 2. The van der Waals surface area contributed by atoms with E-state index in [0.29, 0.717) is 66.5 Å². The van der Waals surface area contributed by atoms with E-state index >= 15 is 4.79 Å². The van der Waals surface area contributed by atoms with Crippen molar-refractivity contribution in [2.75, 3.05) is 72.6 Å². The molecule has 0 radical (unpaired) electrons. The molecule has 52 heavy (non-hydrogen) atoms. The van der Waals surface area contributed by atoms with E-state index in [9.17, 15) is 4.79 Å². The molecule has 0 aliphatic carbocycles. The second-order valence-corrected chi connectivity index (χ2v) is 16.3. The van der Waals surface area contributed by atoms with Crippen molar-refractivity contribution in [3.05, 3.63) is 93.2 Å². The van der Waals surface area contributed by atoms with Crippen LogP contribution in [0.3, 0.4) is 0 Å². The molecule has 2 aromatic carbocycles. The van der Waals surface area contributed by atoms with Gasteiger partial charge in [-0.25, -0.2) is 4.79 Å². The first kappa shape index (κ1) is 38.0. The van der Waals surface area contributed by atoms with E-state index in [4.69, 9.17) is 37.9 Å². The number of carbonyl (C=O) groups excluding carboxylic acids is 2. The van der Waals surface area contributed by atoms with Crippen molar-refractivity contribution < 1.29 is 14.3 Å². The fraction of sp³-hybridized carbons (Fsp3) is 0.500. The summed E-state index contributed by atoms with van der Waals surface area (Å²) in [5, 5.41) is 1.21. The number of ether oxygens (including phenoxy) is 1. The number of nitrogens with zero attached hydrogens (tertiary/aromatic N) is 7. The molecule has 0 bridgehead atoms. The number of halogens is 2. The Hall–Kier alpha value is -3.70. The average molecular weight is 749 g/mol. The third-order valence-corrected chi connectivity index (χ3v) is 11.5. The lowest BCUT2D eigenvalue weighted by molar-refractivity contribution is -0.134. The maximum Gasteiger partial charge on any atom is 0.326 e. The first-order chi connectivity index (χ1) is 24.7. The molecule has 2 fully saturated rings. The second-order valence-electron chi connectivity index (χ2n) is 15.4. The number of urea groups is 1. The third kappa shape index (κ3) is 7.27. The Morgan fingerprint density at radius 2 is 1.38 bits per heavy atom. The van der Waals surface area contributed by atoms with Gasteiger partial charge in [0, 0.05) is 85.8 Å². The number of amides is 3. The molecule has 0 spiro atoms. The molecule has 1 aromatic heterocycles. The van der Waals surface area contributed by atoms with Gasteiger partial charge in [-0.2, -0.15) is 0 Å². The Morgan fingerprint density at radius 1 is 0.827 bits per heavy atom. The largest absolute Gasteiger partial charge is 0.493 e. The number of pyridine rings is 1. The third-order valence-electron chi connectivity index (χ3n) is 11.0. The Kier molecular flexibility index (Phi) is 11.0. The van der Waals surface area contributed by atoms with Crippen molar-refractivity contribution in [1.82, 2.24) is 29.5 Å². The summed E-state index contributed by atoms with van der Waals surface area (Å²) in [6.07, 6.45) is 1.79. The van der Waals surface area contributed by atoms with E-state index in [2.05, 4.69) is 51.5 Å². The number of amidine groups is 1. The summed E-state index contributed by atoms with van der Waals surface area (Å²) >= 11 is 12.8. The Morgan fingerprint density at radius 3 is 1.94 bits per heavy atom. The molecule has 3 aliphatic rings. The lowest BCUT2D eigenvalue weighted by Crippen LogP contribution is -2.61. The molecule has 3 aliphatic heterocycles. The summed E-state index contributed by atoms with van der Waals surface area (Å²) in [4.78, 5) is 49.0. The number of hydrogen-bond acceptors (Lipinski definition) is 7. The number of hydrogen-bond donors (Lipinski definition) is 0. The van der Waals surface area contributed by atoms with Gasteiger partial charge in [0.05, 0.1) is 18.7 Å². The number of rotatable bonds is 7. The quantitative estimate of drug-likeness (QED) is 0.275. The fourth-order valence-corrected chi connectivity index (χ4v) is 7.70. The number of likely N-dealkylation sites (N-methyl/N-ethyl adjacent to an activating group) is 1. The van der Waals surface area contributed by atoms with E-state index < -0.39 is 11.1 Å². The first-order valence-electron chi connectivity index (χ1n) is 18.2. The summed E-state index contributed by atoms with van der Waals surface area (Å²) in [5.41, 5.74) is 1.05. The molecular formula is C40H51Cl2N7O3. The van der Waals surface area contributed by atoms with Gasteiger partial charge in [-0.1, -0.05) is 68.2 Å². The van der Waals surface area contributed by atoms with E-state index in [1.165, 1.54) is 0 Å². The van der Waals surface area contributed by atoms with Gasteiger partial charge in [0.25, 0.3) is 0 Å². The minimum atomic E-state index is -1.03. The van der Waals surface area contributed by atoms with E-state index in [1.54, 1.807) is 6.20 Å². The normalized spacial score (nSPS) is 23.2. The van der Waals surface area contributed by atoms with Crippen molar-refractivity contribution in [3.63, 3.8) is 0 Å². The smallest absolute Gasteiger partial charge is 0.326 e. The van der Waals surface area contributed by atoms with Crippen molar-refractivity contribution in [2.45, 2.75) is 58.0 Å². The number of carbonyl (C=O) groups is 2. The molecule has 0 unspecified atom stereocenters. The standard InChI is InChI=1S/C40H51Cl2N7O3/c1-8-52-33-25-34(38(2,3)4)43-26-32(33)36-44-39(5,28-9-13-30(41)14-10-28)40(6,29-11-15-31(42)16-12-29)49(36)37(51)48-23-19-46(20-24-48)27-35(50)47-21-17-45(7)18-22-47/h9-16,25-26H,8,17-24,27H2,1-7H3/t39-,40+/m0/s1. The molecule has 2 saturated heterocycles. The highest BCUT2D eigenvalue weighted by Crippen LogP contribution is 2.54. The predicted octanol–water partition coefficient (Wildman–Crippen LogP) is 6.49. The highest BCUT2D eigenvalue weighted by Gasteiger charge is 2.60. The van der Waals surface area contributed by atoms with Gasteiger partial charge >= 0.3 is 6.03 Å². The maximum atomic E-state index is 15.3. The molecule has 3 amide bonds. The van der Waals surface area contributed by atoms with Crippen molar-refractivity contribution in [3.8, 4) is 5.75 Å². The molecule has 3 aromatic rings. The van der Waals surface area contributed by atoms with Crippen molar-refractivity contribution in [2.24, 2.45) is 4.99 Å². The van der Waals surface area contributed by atoms with Crippen LogP contribution in [0.1, 0.15) is 63.9 Å². The van der Waals surface area contributed by atoms with Crippen LogP contribution in [-0.2, 0) is 21.3 Å². The zero-order valence-electron chi connectivity index (χ0n) is 31.5. The van der Waals surface area contributed by atoms with Gasteiger partial charge in [-0.15, -0.1) is 0 Å². The molecule has 4 heterocycles. The first-order valence-corrected chi connectivity index (χ1v) is 18.9. The Labute approximate surface area is 318 Å². The Balaban J connectivity index is 1.41. The van der Waals surface area contributed by atoms with Crippen LogP contribution in [0.2, 0.25) is 10.0 Å². The molecule has 2 atom stereocenters. The average Bonchev–Trinajstić information content (AvgIpc) is 3.36. The van der Waals surface area contributed by atoms with E-state index in [1.807, 2.05) is 76.2 Å². The molecule has 6 rings (SSSR count). The summed E-state index contributed by atoms with van der Waals surface area (Å²) in [6, 6.07) is 17.1. The van der Waals surface area contributed by atoms with Crippen LogP contribution in [0, 0.1) is 0 Å². The second kappa shape index (κ2) is 15.0. The van der Waals surface area contributed by atoms with Crippen molar-refractivity contribution in [1.29, 1.82) is 0 Å². The van der Waals surface area contributed by atoms with Gasteiger partial charge in [0.1, 0.15) is 22.7 Å². The van der Waals surface area contributed by atoms with Crippen molar-refractivity contribution >= 4 is 41.0 Å². The molecule has 0 saturated carbocycles. The molecule has 10 nitrogen and oxygen atoms in total. The van der Waals surface area contributed by atoms with Crippen LogP contribution >= 0.6 is 23.2 Å². The van der Waals surface area contributed by atoms with Crippen LogP contribution < -0.4 is 4.74 Å². The van der Waals surface area contributed by atoms with Gasteiger partial charge in [-0.05, 0) is 63.2 Å². The lowest BCUT2D eigenvalue weighted by atomic mass is 9.71. The molecule has 278 valence electrons. The summed E-state index contributed by atoms with van der Waals surface area (Å²) in [6.45, 7) is 18.6. The van der Waals surface area contributed by atoms with Gasteiger partial charge in [0.15, 0.2) is 0 Å². The Bertz CT molecular complexity index is 1800. The highest BCUT2D eigenvalue weighted by atomic mass is 35.5. The lowest BCUT2D eigenvalue weighted by Gasteiger charge is -2.47. The van der Waals surface area contributed by atoms with Crippen LogP contribution in [0.4, 0.5) is 4.79 Å². The zero-order chi connectivity index (χ0) is 37.4. The van der Waals surface area contributed by atoms with Gasteiger partial charge < -0.3 is 19.4 Å². The molecule has 12 heteroatoms. The summed E-state index contributed by atoms with van der Waals surface area (Å²) in [7, 11) is 2.08. The topological polar surface area (TPSA) is 84.8 Å². The predicted molar refractivity (Wildman–Crippen MR) is 208 cm³/mol. The zero-order valence-corrected chi connectivity index (χ0v) is 33.0. The number of piperazine rings is 2. The van der Waals surface area contributed by atoms with E-state index in [-0.39, 0.29) is 17.4 Å². The molecule has 0 N–H and O–H groups in total.